The largest absolute Gasteiger partial charge is 0.496 e. The van der Waals surface area contributed by atoms with E-state index in [1.54, 1.807) is 7.11 Å². The minimum absolute atomic E-state index is 0.172. The van der Waals surface area contributed by atoms with Gasteiger partial charge in [-0.05, 0) is 31.4 Å². The van der Waals surface area contributed by atoms with E-state index in [2.05, 4.69) is 38.3 Å². The van der Waals surface area contributed by atoms with Crippen LogP contribution in [0.2, 0.25) is 0 Å². The first-order chi connectivity index (χ1) is 9.15. The summed E-state index contributed by atoms with van der Waals surface area (Å²) < 4.78 is 5.57. The summed E-state index contributed by atoms with van der Waals surface area (Å²) in [7, 11) is 1.73. The first-order valence-corrected chi connectivity index (χ1v) is 7.25. The summed E-state index contributed by atoms with van der Waals surface area (Å²) in [6.45, 7) is 6.43. The molecule has 3 nitrogen and oxygen atoms in total. The smallest absolute Gasteiger partial charge is 0.126 e. The minimum Gasteiger partial charge on any atom is -0.496 e. The maximum atomic E-state index is 5.73. The number of hydrogen-bond acceptors (Lipinski definition) is 3. The number of ether oxygens (including phenoxy) is 1. The Morgan fingerprint density at radius 2 is 1.95 bits per heavy atom. The van der Waals surface area contributed by atoms with Crippen molar-refractivity contribution in [3.05, 3.63) is 28.8 Å². The molecular weight excluding hydrogens is 236 g/mol. The molecule has 0 radical (unpaired) electrons. The number of methoxy groups -OCH3 is 1. The van der Waals surface area contributed by atoms with E-state index in [4.69, 9.17) is 10.6 Å². The molecule has 3 N–H and O–H groups in total. The van der Waals surface area contributed by atoms with Crippen LogP contribution in [-0.4, -0.2) is 7.11 Å². The van der Waals surface area contributed by atoms with Crippen molar-refractivity contribution in [1.29, 1.82) is 0 Å². The van der Waals surface area contributed by atoms with E-state index in [1.807, 2.05) is 0 Å². The van der Waals surface area contributed by atoms with Gasteiger partial charge in [0.05, 0.1) is 7.11 Å². The fourth-order valence-electron chi connectivity index (χ4n) is 2.46. The second-order valence-corrected chi connectivity index (χ2v) is 5.20. The lowest BCUT2D eigenvalue weighted by molar-refractivity contribution is 0.389. The summed E-state index contributed by atoms with van der Waals surface area (Å²) in [5.74, 6) is 6.70. The third kappa shape index (κ3) is 4.22. The Hall–Kier alpha value is -1.06. The standard InChI is InChI=1S/C16H28N2O/c1-5-6-7-8-9-15(18-17)14-11-10-12(2)13(3)16(14)19-4/h10-11,15,18H,5-9,17H2,1-4H3. The molecule has 0 aromatic heterocycles. The van der Waals surface area contributed by atoms with Gasteiger partial charge in [-0.3, -0.25) is 11.3 Å². The van der Waals surface area contributed by atoms with E-state index in [1.165, 1.54) is 42.4 Å². The van der Waals surface area contributed by atoms with Crippen molar-refractivity contribution in [2.75, 3.05) is 7.11 Å². The predicted octanol–water partition coefficient (Wildman–Crippen LogP) is 3.79. The maximum Gasteiger partial charge on any atom is 0.126 e. The fraction of sp³-hybridized carbons (Fsp3) is 0.625. The molecule has 0 fully saturated rings. The highest BCUT2D eigenvalue weighted by Gasteiger charge is 2.16. The van der Waals surface area contributed by atoms with Crippen molar-refractivity contribution in [3.63, 3.8) is 0 Å². The lowest BCUT2D eigenvalue weighted by atomic mass is 9.95. The average molecular weight is 264 g/mol. The Kier molecular flexibility index (Phi) is 6.89. The topological polar surface area (TPSA) is 47.3 Å². The number of nitrogens with two attached hydrogens (primary N) is 1. The molecular formula is C16H28N2O. The predicted molar refractivity (Wildman–Crippen MR) is 81.3 cm³/mol. The summed E-state index contributed by atoms with van der Waals surface area (Å²) in [5, 5.41) is 0. The zero-order valence-electron chi connectivity index (χ0n) is 12.8. The number of benzene rings is 1. The molecule has 0 amide bonds. The number of unbranched alkanes of at least 4 members (excludes halogenated alkanes) is 3. The Morgan fingerprint density at radius 3 is 2.53 bits per heavy atom. The molecule has 0 heterocycles. The van der Waals surface area contributed by atoms with Crippen LogP contribution in [0, 0.1) is 13.8 Å². The highest BCUT2D eigenvalue weighted by Crippen LogP contribution is 2.32. The number of nitrogens with one attached hydrogen (secondary N) is 1. The summed E-state index contributed by atoms with van der Waals surface area (Å²) in [6.07, 6.45) is 6.06. The molecule has 0 aliphatic heterocycles. The molecule has 19 heavy (non-hydrogen) atoms. The van der Waals surface area contributed by atoms with Crippen LogP contribution in [0.15, 0.2) is 12.1 Å². The van der Waals surface area contributed by atoms with Crippen molar-refractivity contribution in [2.45, 2.75) is 58.9 Å². The highest BCUT2D eigenvalue weighted by atomic mass is 16.5. The van der Waals surface area contributed by atoms with Crippen molar-refractivity contribution in [1.82, 2.24) is 5.43 Å². The zero-order valence-corrected chi connectivity index (χ0v) is 12.8. The lowest BCUT2D eigenvalue weighted by Crippen LogP contribution is -2.28. The van der Waals surface area contributed by atoms with Crippen LogP contribution < -0.4 is 16.0 Å². The van der Waals surface area contributed by atoms with E-state index in [0.717, 1.165) is 12.2 Å². The third-order valence-corrected chi connectivity index (χ3v) is 3.83. The molecule has 1 atom stereocenters. The molecule has 1 rings (SSSR count). The van der Waals surface area contributed by atoms with Gasteiger partial charge < -0.3 is 4.74 Å². The summed E-state index contributed by atoms with van der Waals surface area (Å²) >= 11 is 0. The molecule has 1 aromatic rings. The highest BCUT2D eigenvalue weighted by molar-refractivity contribution is 5.46. The van der Waals surface area contributed by atoms with Gasteiger partial charge in [-0.1, -0.05) is 44.7 Å². The first kappa shape index (κ1) is 16.0. The Bertz CT molecular complexity index is 391. The molecule has 0 saturated heterocycles. The maximum absolute atomic E-state index is 5.73. The van der Waals surface area contributed by atoms with Gasteiger partial charge in [-0.15, -0.1) is 0 Å². The van der Waals surface area contributed by atoms with Gasteiger partial charge >= 0.3 is 0 Å². The van der Waals surface area contributed by atoms with E-state index >= 15 is 0 Å². The van der Waals surface area contributed by atoms with Crippen molar-refractivity contribution >= 4 is 0 Å². The molecule has 3 heteroatoms. The molecule has 0 aliphatic rings. The first-order valence-electron chi connectivity index (χ1n) is 7.25. The van der Waals surface area contributed by atoms with Crippen LogP contribution in [0.1, 0.15) is 61.8 Å². The fourth-order valence-corrected chi connectivity index (χ4v) is 2.46. The van der Waals surface area contributed by atoms with Gasteiger partial charge in [-0.2, -0.15) is 0 Å². The van der Waals surface area contributed by atoms with Crippen LogP contribution in [0.3, 0.4) is 0 Å². The number of hydrazine groups is 1. The summed E-state index contributed by atoms with van der Waals surface area (Å²) in [4.78, 5) is 0. The van der Waals surface area contributed by atoms with Crippen LogP contribution in [0.5, 0.6) is 5.75 Å². The van der Waals surface area contributed by atoms with Crippen molar-refractivity contribution < 1.29 is 4.74 Å². The van der Waals surface area contributed by atoms with E-state index < -0.39 is 0 Å². The summed E-state index contributed by atoms with van der Waals surface area (Å²) in [5.41, 5.74) is 6.56. The van der Waals surface area contributed by atoms with Gasteiger partial charge in [0.15, 0.2) is 0 Å². The molecule has 0 saturated carbocycles. The molecule has 1 aromatic carbocycles. The van der Waals surface area contributed by atoms with Crippen molar-refractivity contribution in [2.24, 2.45) is 5.84 Å². The Labute approximate surface area is 117 Å². The van der Waals surface area contributed by atoms with Crippen molar-refractivity contribution in [3.8, 4) is 5.75 Å². The van der Waals surface area contributed by atoms with Gasteiger partial charge in [0.25, 0.3) is 0 Å². The molecule has 0 aliphatic carbocycles. The Morgan fingerprint density at radius 1 is 1.21 bits per heavy atom. The number of aryl methyl sites for hydroxylation is 1. The quantitative estimate of drug-likeness (QED) is 0.426. The second-order valence-electron chi connectivity index (χ2n) is 5.20. The minimum atomic E-state index is 0.172. The number of hydrogen-bond donors (Lipinski definition) is 2. The monoisotopic (exact) mass is 264 g/mol. The molecule has 108 valence electrons. The SMILES string of the molecule is CCCCCCC(NN)c1ccc(C)c(C)c1OC. The third-order valence-electron chi connectivity index (χ3n) is 3.83. The van der Waals surface area contributed by atoms with Crippen LogP contribution in [-0.2, 0) is 0 Å². The second kappa shape index (κ2) is 8.18. The lowest BCUT2D eigenvalue weighted by Gasteiger charge is -2.21. The van der Waals surface area contributed by atoms with Crippen LogP contribution in [0.25, 0.3) is 0 Å². The van der Waals surface area contributed by atoms with Gasteiger partial charge in [0.1, 0.15) is 5.75 Å². The molecule has 0 bridgehead atoms. The molecule has 1 unspecified atom stereocenters. The zero-order chi connectivity index (χ0) is 14.3. The normalized spacial score (nSPS) is 12.5. The van der Waals surface area contributed by atoms with Crippen LogP contribution >= 0.6 is 0 Å². The summed E-state index contributed by atoms with van der Waals surface area (Å²) in [6, 6.07) is 4.45. The molecule has 0 spiro atoms. The van der Waals surface area contributed by atoms with E-state index in [-0.39, 0.29) is 6.04 Å². The van der Waals surface area contributed by atoms with E-state index in [0.29, 0.717) is 0 Å². The Balaban J connectivity index is 2.83. The van der Waals surface area contributed by atoms with Crippen LogP contribution in [0.4, 0.5) is 0 Å². The van der Waals surface area contributed by atoms with Gasteiger partial charge in [0.2, 0.25) is 0 Å². The van der Waals surface area contributed by atoms with Gasteiger partial charge in [-0.25, -0.2) is 0 Å². The van der Waals surface area contributed by atoms with E-state index in [9.17, 15) is 0 Å². The number of rotatable bonds is 8. The van der Waals surface area contributed by atoms with Gasteiger partial charge in [0, 0.05) is 11.6 Å². The average Bonchev–Trinajstić information content (AvgIpc) is 2.42.